The van der Waals surface area contributed by atoms with Crippen LogP contribution in [0.4, 0.5) is 10.1 Å². The number of amides is 1. The van der Waals surface area contributed by atoms with Gasteiger partial charge in [0, 0.05) is 10.7 Å². The number of carbonyl (C=O) groups is 1. The molecule has 3 N–H and O–H groups in total. The second-order valence-electron chi connectivity index (χ2n) is 4.79. The van der Waals surface area contributed by atoms with Gasteiger partial charge in [0.05, 0.1) is 12.5 Å². The van der Waals surface area contributed by atoms with Crippen molar-refractivity contribution in [2.45, 2.75) is 12.5 Å². The SMILES string of the molecule is NC(c1ccc(F)cc1)c1cc2c(cc1Cl)NC(=O)C2. The molecule has 1 heterocycles. The van der Waals surface area contributed by atoms with Gasteiger partial charge in [0.2, 0.25) is 5.91 Å². The first-order valence-corrected chi connectivity index (χ1v) is 6.55. The molecule has 3 nitrogen and oxygen atoms in total. The van der Waals surface area contributed by atoms with E-state index in [2.05, 4.69) is 5.32 Å². The standard InChI is InChI=1S/C15H12ClFN2O/c16-12-7-13-9(6-14(20)19-13)5-11(12)15(18)8-1-3-10(17)4-2-8/h1-5,7,15H,6,18H2,(H,19,20). The van der Waals surface area contributed by atoms with Gasteiger partial charge in [-0.05, 0) is 41.0 Å². The van der Waals surface area contributed by atoms with Gasteiger partial charge in [-0.15, -0.1) is 0 Å². The number of fused-ring (bicyclic) bond motifs is 1. The molecule has 102 valence electrons. The van der Waals surface area contributed by atoms with E-state index in [-0.39, 0.29) is 11.7 Å². The topological polar surface area (TPSA) is 55.1 Å². The predicted molar refractivity (Wildman–Crippen MR) is 76.2 cm³/mol. The van der Waals surface area contributed by atoms with E-state index in [1.807, 2.05) is 6.07 Å². The van der Waals surface area contributed by atoms with Crippen LogP contribution in [0.2, 0.25) is 5.02 Å². The Balaban J connectivity index is 2.00. The van der Waals surface area contributed by atoms with Crippen LogP contribution in [0, 0.1) is 5.82 Å². The summed E-state index contributed by atoms with van der Waals surface area (Å²) in [4.78, 5) is 11.4. The van der Waals surface area contributed by atoms with Crippen molar-refractivity contribution in [2.24, 2.45) is 5.73 Å². The summed E-state index contributed by atoms with van der Waals surface area (Å²) >= 11 is 6.23. The molecule has 1 aliphatic rings. The molecule has 2 aromatic carbocycles. The Morgan fingerprint density at radius 2 is 1.95 bits per heavy atom. The molecule has 0 radical (unpaired) electrons. The van der Waals surface area contributed by atoms with Gasteiger partial charge in [-0.1, -0.05) is 23.7 Å². The second-order valence-corrected chi connectivity index (χ2v) is 5.19. The first-order valence-electron chi connectivity index (χ1n) is 6.18. The van der Waals surface area contributed by atoms with Gasteiger partial charge in [-0.25, -0.2) is 4.39 Å². The molecule has 1 amide bonds. The van der Waals surface area contributed by atoms with Gasteiger partial charge in [-0.2, -0.15) is 0 Å². The van der Waals surface area contributed by atoms with Crippen LogP contribution in [0.15, 0.2) is 36.4 Å². The van der Waals surface area contributed by atoms with Crippen molar-refractivity contribution in [1.29, 1.82) is 0 Å². The third-order valence-electron chi connectivity index (χ3n) is 3.41. The van der Waals surface area contributed by atoms with E-state index in [0.717, 1.165) is 22.4 Å². The van der Waals surface area contributed by atoms with Crippen molar-refractivity contribution in [3.8, 4) is 0 Å². The van der Waals surface area contributed by atoms with Crippen molar-refractivity contribution >= 4 is 23.2 Å². The van der Waals surface area contributed by atoms with Crippen LogP contribution in [0.3, 0.4) is 0 Å². The van der Waals surface area contributed by atoms with Gasteiger partial charge in [0.25, 0.3) is 0 Å². The highest BCUT2D eigenvalue weighted by atomic mass is 35.5. The van der Waals surface area contributed by atoms with Crippen molar-refractivity contribution in [3.05, 3.63) is 63.9 Å². The Labute approximate surface area is 120 Å². The monoisotopic (exact) mass is 290 g/mol. The molecule has 0 saturated heterocycles. The quantitative estimate of drug-likeness (QED) is 0.893. The molecular formula is C15H12ClFN2O. The largest absolute Gasteiger partial charge is 0.325 e. The Morgan fingerprint density at radius 1 is 1.25 bits per heavy atom. The lowest BCUT2D eigenvalue weighted by Gasteiger charge is -2.15. The summed E-state index contributed by atoms with van der Waals surface area (Å²) < 4.78 is 12.9. The van der Waals surface area contributed by atoms with Gasteiger partial charge in [-0.3, -0.25) is 4.79 Å². The number of carbonyl (C=O) groups excluding carboxylic acids is 1. The molecular weight excluding hydrogens is 279 g/mol. The summed E-state index contributed by atoms with van der Waals surface area (Å²) in [6.45, 7) is 0. The smallest absolute Gasteiger partial charge is 0.228 e. The first-order chi connectivity index (χ1) is 9.54. The number of nitrogens with two attached hydrogens (primary N) is 1. The van der Waals surface area contributed by atoms with E-state index in [4.69, 9.17) is 17.3 Å². The molecule has 20 heavy (non-hydrogen) atoms. The van der Waals surface area contributed by atoms with Gasteiger partial charge >= 0.3 is 0 Å². The lowest BCUT2D eigenvalue weighted by atomic mass is 9.97. The predicted octanol–water partition coefficient (Wildman–Crippen LogP) is 3.02. The lowest BCUT2D eigenvalue weighted by molar-refractivity contribution is -0.115. The average Bonchev–Trinajstić information content (AvgIpc) is 2.77. The summed E-state index contributed by atoms with van der Waals surface area (Å²) in [5, 5.41) is 3.23. The maximum Gasteiger partial charge on any atom is 0.228 e. The van der Waals surface area contributed by atoms with Crippen LogP contribution in [-0.2, 0) is 11.2 Å². The highest BCUT2D eigenvalue weighted by Gasteiger charge is 2.22. The molecule has 1 atom stereocenters. The van der Waals surface area contributed by atoms with E-state index in [0.29, 0.717) is 11.4 Å². The number of hydrogen-bond acceptors (Lipinski definition) is 2. The van der Waals surface area contributed by atoms with Gasteiger partial charge in [0.1, 0.15) is 5.82 Å². The van der Waals surface area contributed by atoms with E-state index in [1.165, 1.54) is 12.1 Å². The molecule has 1 unspecified atom stereocenters. The summed E-state index contributed by atoms with van der Waals surface area (Å²) in [5.41, 5.74) is 9.30. The lowest BCUT2D eigenvalue weighted by Crippen LogP contribution is -2.12. The Morgan fingerprint density at radius 3 is 2.65 bits per heavy atom. The van der Waals surface area contributed by atoms with Crippen LogP contribution in [0.1, 0.15) is 22.7 Å². The van der Waals surface area contributed by atoms with E-state index < -0.39 is 6.04 Å². The maximum absolute atomic E-state index is 12.9. The molecule has 0 fully saturated rings. The minimum atomic E-state index is -0.455. The van der Waals surface area contributed by atoms with Crippen molar-refractivity contribution < 1.29 is 9.18 Å². The Bertz CT molecular complexity index is 685. The number of benzene rings is 2. The van der Waals surface area contributed by atoms with Crippen LogP contribution in [-0.4, -0.2) is 5.91 Å². The highest BCUT2D eigenvalue weighted by Crippen LogP contribution is 2.34. The third kappa shape index (κ3) is 2.28. The van der Waals surface area contributed by atoms with Crippen molar-refractivity contribution in [2.75, 3.05) is 5.32 Å². The Hall–Kier alpha value is -1.91. The number of hydrogen-bond donors (Lipinski definition) is 2. The number of anilines is 1. The molecule has 0 saturated carbocycles. The highest BCUT2D eigenvalue weighted by molar-refractivity contribution is 6.32. The summed E-state index contributed by atoms with van der Waals surface area (Å²) in [6.07, 6.45) is 0.329. The Kier molecular flexibility index (Phi) is 3.20. The summed E-state index contributed by atoms with van der Waals surface area (Å²) in [6, 6.07) is 9.08. The van der Waals surface area contributed by atoms with Crippen LogP contribution >= 0.6 is 11.6 Å². The van der Waals surface area contributed by atoms with Gasteiger partial charge < -0.3 is 11.1 Å². The van der Waals surface area contributed by atoms with Crippen LogP contribution in [0.25, 0.3) is 0 Å². The minimum Gasteiger partial charge on any atom is -0.325 e. The minimum absolute atomic E-state index is 0.0522. The molecule has 0 spiro atoms. The van der Waals surface area contributed by atoms with Crippen molar-refractivity contribution in [1.82, 2.24) is 0 Å². The number of nitrogens with one attached hydrogen (secondary N) is 1. The fourth-order valence-corrected chi connectivity index (χ4v) is 2.64. The molecule has 1 aliphatic heterocycles. The maximum atomic E-state index is 12.9. The number of rotatable bonds is 2. The zero-order valence-electron chi connectivity index (χ0n) is 10.5. The molecule has 0 aliphatic carbocycles. The zero-order chi connectivity index (χ0) is 14.3. The number of halogens is 2. The molecule has 2 aromatic rings. The third-order valence-corrected chi connectivity index (χ3v) is 3.74. The molecule has 3 rings (SSSR count). The van der Waals surface area contributed by atoms with E-state index >= 15 is 0 Å². The second kappa shape index (κ2) is 4.89. The molecule has 0 aromatic heterocycles. The van der Waals surface area contributed by atoms with Gasteiger partial charge in [0.15, 0.2) is 0 Å². The average molecular weight is 291 g/mol. The zero-order valence-corrected chi connectivity index (χ0v) is 11.2. The normalized spacial score (nSPS) is 14.8. The molecule has 5 heteroatoms. The van der Waals surface area contributed by atoms with E-state index in [9.17, 15) is 9.18 Å². The molecule has 0 bridgehead atoms. The van der Waals surface area contributed by atoms with Crippen LogP contribution < -0.4 is 11.1 Å². The van der Waals surface area contributed by atoms with Crippen LogP contribution in [0.5, 0.6) is 0 Å². The summed E-state index contributed by atoms with van der Waals surface area (Å²) in [5.74, 6) is -0.362. The van der Waals surface area contributed by atoms with Crippen molar-refractivity contribution in [3.63, 3.8) is 0 Å². The summed E-state index contributed by atoms with van der Waals surface area (Å²) in [7, 11) is 0. The first kappa shape index (κ1) is 13.1. The van der Waals surface area contributed by atoms with E-state index in [1.54, 1.807) is 18.2 Å². The fraction of sp³-hybridized carbons (Fsp3) is 0.133. The fourth-order valence-electron chi connectivity index (χ4n) is 2.36.